The first kappa shape index (κ1) is 14.6. The molecule has 0 aliphatic heterocycles. The molecule has 0 aliphatic carbocycles. The number of carbonyl (C=O) groups is 1. The monoisotopic (exact) mass is 316 g/mol. The second kappa shape index (κ2) is 5.31. The number of aromatic nitrogens is 3. The lowest BCUT2D eigenvalue weighted by Crippen LogP contribution is -2.26. The van der Waals surface area contributed by atoms with Crippen molar-refractivity contribution in [3.8, 4) is 0 Å². The summed E-state index contributed by atoms with van der Waals surface area (Å²) in [6, 6.07) is 1.14. The molecule has 0 atom stereocenters. The fourth-order valence-corrected chi connectivity index (χ4v) is 3.71. The summed E-state index contributed by atoms with van der Waals surface area (Å²) in [4.78, 5) is 14.7. The van der Waals surface area contributed by atoms with Crippen LogP contribution in [0.1, 0.15) is 21.3 Å². The average molecular weight is 316 g/mol. The van der Waals surface area contributed by atoms with Crippen molar-refractivity contribution >= 4 is 27.3 Å². The van der Waals surface area contributed by atoms with Crippen LogP contribution in [-0.2, 0) is 16.6 Å². The van der Waals surface area contributed by atoms with Gasteiger partial charge in [-0.1, -0.05) is 0 Å². The quantitative estimate of drug-likeness (QED) is 0.838. The van der Waals surface area contributed by atoms with E-state index < -0.39 is 16.0 Å². The van der Waals surface area contributed by atoms with Crippen LogP contribution in [-0.4, -0.2) is 46.0 Å². The van der Waals surface area contributed by atoms with Crippen LogP contribution in [0.4, 0.5) is 0 Å². The Hall–Kier alpha value is -1.78. The SMILES string of the molecule is Cc1nc(CN(C)S(=O)(=O)c2csc(C(=O)O)c2)n[nH]1. The van der Waals surface area contributed by atoms with Crippen molar-refractivity contribution in [2.75, 3.05) is 7.05 Å². The largest absolute Gasteiger partial charge is 0.477 e. The van der Waals surface area contributed by atoms with Gasteiger partial charge in [-0.05, 0) is 13.0 Å². The molecule has 20 heavy (non-hydrogen) atoms. The number of hydrogen-bond donors (Lipinski definition) is 2. The Labute approximate surface area is 119 Å². The highest BCUT2D eigenvalue weighted by Gasteiger charge is 2.24. The van der Waals surface area contributed by atoms with Gasteiger partial charge in [0.15, 0.2) is 5.82 Å². The maximum absolute atomic E-state index is 12.3. The van der Waals surface area contributed by atoms with Crippen molar-refractivity contribution in [1.82, 2.24) is 19.5 Å². The third-order valence-corrected chi connectivity index (χ3v) is 5.35. The minimum absolute atomic E-state index is 0.00489. The molecule has 0 aromatic carbocycles. The Bertz CT molecular complexity index is 734. The molecule has 0 spiro atoms. The number of nitrogens with zero attached hydrogens (tertiary/aromatic N) is 3. The second-order valence-electron chi connectivity index (χ2n) is 4.05. The number of rotatable bonds is 5. The van der Waals surface area contributed by atoms with Crippen molar-refractivity contribution in [2.45, 2.75) is 18.4 Å². The van der Waals surface area contributed by atoms with Gasteiger partial charge in [0.2, 0.25) is 10.0 Å². The molecule has 0 radical (unpaired) electrons. The molecule has 2 rings (SSSR count). The second-order valence-corrected chi connectivity index (χ2v) is 7.01. The smallest absolute Gasteiger partial charge is 0.345 e. The molecule has 2 aromatic rings. The van der Waals surface area contributed by atoms with Crippen molar-refractivity contribution in [2.24, 2.45) is 0 Å². The minimum Gasteiger partial charge on any atom is -0.477 e. The third-order valence-electron chi connectivity index (χ3n) is 2.50. The number of aryl methyl sites for hydroxylation is 1. The van der Waals surface area contributed by atoms with E-state index in [4.69, 9.17) is 5.11 Å². The zero-order chi connectivity index (χ0) is 14.9. The molecule has 0 fully saturated rings. The van der Waals surface area contributed by atoms with Crippen molar-refractivity contribution < 1.29 is 18.3 Å². The molecule has 0 aliphatic rings. The van der Waals surface area contributed by atoms with Gasteiger partial charge in [0.25, 0.3) is 0 Å². The van der Waals surface area contributed by atoms with E-state index in [0.717, 1.165) is 21.7 Å². The van der Waals surface area contributed by atoms with E-state index in [1.54, 1.807) is 6.92 Å². The molecular formula is C10H12N4O4S2. The van der Waals surface area contributed by atoms with Gasteiger partial charge in [-0.2, -0.15) is 9.40 Å². The molecule has 8 nitrogen and oxygen atoms in total. The van der Waals surface area contributed by atoms with E-state index in [2.05, 4.69) is 15.2 Å². The Morgan fingerprint density at radius 1 is 1.55 bits per heavy atom. The number of nitrogens with one attached hydrogen (secondary N) is 1. The van der Waals surface area contributed by atoms with Gasteiger partial charge < -0.3 is 5.11 Å². The maximum atomic E-state index is 12.3. The number of aromatic carboxylic acids is 1. The van der Waals surface area contributed by atoms with E-state index in [-0.39, 0.29) is 16.3 Å². The van der Waals surface area contributed by atoms with Gasteiger partial charge in [-0.25, -0.2) is 18.2 Å². The number of carboxylic acid groups (broad SMARTS) is 1. The van der Waals surface area contributed by atoms with E-state index >= 15 is 0 Å². The van der Waals surface area contributed by atoms with Crippen LogP contribution in [0.2, 0.25) is 0 Å². The predicted molar refractivity (Wildman–Crippen MR) is 71.1 cm³/mol. The van der Waals surface area contributed by atoms with Crippen molar-refractivity contribution in [1.29, 1.82) is 0 Å². The first-order valence-corrected chi connectivity index (χ1v) is 7.78. The summed E-state index contributed by atoms with van der Waals surface area (Å²) in [7, 11) is -2.37. The number of H-pyrrole nitrogens is 1. The highest BCUT2D eigenvalue weighted by Crippen LogP contribution is 2.22. The molecule has 0 bridgehead atoms. The van der Waals surface area contributed by atoms with E-state index in [1.807, 2.05) is 0 Å². The van der Waals surface area contributed by atoms with Crippen molar-refractivity contribution in [3.63, 3.8) is 0 Å². The summed E-state index contributed by atoms with van der Waals surface area (Å²) in [5.41, 5.74) is 0. The zero-order valence-corrected chi connectivity index (χ0v) is 12.3. The number of aromatic amines is 1. The average Bonchev–Trinajstić information content (AvgIpc) is 2.98. The normalized spacial score (nSPS) is 11.9. The molecule has 0 amide bonds. The zero-order valence-electron chi connectivity index (χ0n) is 10.7. The van der Waals surface area contributed by atoms with E-state index in [0.29, 0.717) is 11.6 Å². The first-order valence-electron chi connectivity index (χ1n) is 5.47. The topological polar surface area (TPSA) is 116 Å². The van der Waals surface area contributed by atoms with Crippen LogP contribution >= 0.6 is 11.3 Å². The van der Waals surface area contributed by atoms with Crippen LogP contribution in [0.3, 0.4) is 0 Å². The van der Waals surface area contributed by atoms with Gasteiger partial charge in [0.1, 0.15) is 10.7 Å². The lowest BCUT2D eigenvalue weighted by molar-refractivity contribution is 0.0702. The molecule has 0 unspecified atom stereocenters. The summed E-state index contributed by atoms with van der Waals surface area (Å²) < 4.78 is 25.6. The van der Waals surface area contributed by atoms with Gasteiger partial charge in [-0.3, -0.25) is 5.10 Å². The Morgan fingerprint density at radius 2 is 2.25 bits per heavy atom. The highest BCUT2D eigenvalue weighted by molar-refractivity contribution is 7.89. The fourth-order valence-electron chi connectivity index (χ4n) is 1.49. The van der Waals surface area contributed by atoms with Gasteiger partial charge in [0.05, 0.1) is 11.4 Å². The minimum atomic E-state index is -3.75. The Kier molecular flexibility index (Phi) is 3.88. The third kappa shape index (κ3) is 2.86. The molecule has 10 heteroatoms. The van der Waals surface area contributed by atoms with Crippen molar-refractivity contribution in [3.05, 3.63) is 28.0 Å². The van der Waals surface area contributed by atoms with Crippen LogP contribution < -0.4 is 0 Å². The molecule has 2 N–H and O–H groups in total. The first-order chi connectivity index (χ1) is 9.30. The number of thiophene rings is 1. The van der Waals surface area contributed by atoms with Gasteiger partial charge in [0, 0.05) is 12.4 Å². The molecule has 2 aromatic heterocycles. The summed E-state index contributed by atoms with van der Waals surface area (Å²) in [6.07, 6.45) is 0. The number of sulfonamides is 1. The molecule has 0 saturated heterocycles. The van der Waals surface area contributed by atoms with Crippen LogP contribution in [0.25, 0.3) is 0 Å². The van der Waals surface area contributed by atoms with Crippen LogP contribution in [0.5, 0.6) is 0 Å². The number of carboxylic acids is 1. The predicted octanol–water partition coefficient (Wildman–Crippen LogP) is 0.694. The molecular weight excluding hydrogens is 304 g/mol. The lowest BCUT2D eigenvalue weighted by atomic mass is 10.5. The summed E-state index contributed by atoms with van der Waals surface area (Å²) >= 11 is 0.870. The Balaban J connectivity index is 2.22. The van der Waals surface area contributed by atoms with Crippen LogP contribution in [0.15, 0.2) is 16.3 Å². The maximum Gasteiger partial charge on any atom is 0.345 e. The van der Waals surface area contributed by atoms with Crippen LogP contribution in [0, 0.1) is 6.92 Å². The molecule has 0 saturated carbocycles. The number of hydrogen-bond acceptors (Lipinski definition) is 6. The molecule has 2 heterocycles. The van der Waals surface area contributed by atoms with E-state index in [9.17, 15) is 13.2 Å². The lowest BCUT2D eigenvalue weighted by Gasteiger charge is -2.13. The summed E-state index contributed by atoms with van der Waals surface area (Å²) in [5, 5.41) is 16.6. The van der Waals surface area contributed by atoms with Gasteiger partial charge in [-0.15, -0.1) is 11.3 Å². The van der Waals surface area contributed by atoms with Gasteiger partial charge >= 0.3 is 5.97 Å². The summed E-state index contributed by atoms with van der Waals surface area (Å²) in [6.45, 7) is 1.72. The molecule has 108 valence electrons. The fraction of sp³-hybridized carbons (Fsp3) is 0.300. The summed E-state index contributed by atoms with van der Waals surface area (Å²) in [5.74, 6) is -0.208. The van der Waals surface area contributed by atoms with E-state index in [1.165, 1.54) is 12.4 Å². The standard InChI is InChI=1S/C10H12N4O4S2/c1-6-11-9(13-12-6)4-14(2)20(17,18)7-3-8(10(15)16)19-5-7/h3,5H,4H2,1-2H3,(H,15,16)(H,11,12,13). The Morgan fingerprint density at radius 3 is 2.75 bits per heavy atom. The highest BCUT2D eigenvalue weighted by atomic mass is 32.2.